The maximum absolute atomic E-state index is 8.56. The Kier molecular flexibility index (Phi) is 5.17. The van der Waals surface area contributed by atoms with E-state index in [-0.39, 0.29) is 13.2 Å². The van der Waals surface area contributed by atoms with Crippen LogP contribution in [0, 0.1) is 0 Å². The molecule has 0 aliphatic heterocycles. The Morgan fingerprint density at radius 1 is 1.44 bits per heavy atom. The third-order valence-corrected chi connectivity index (χ3v) is 0.990. The van der Waals surface area contributed by atoms with E-state index in [2.05, 4.69) is 6.58 Å². The molecule has 0 saturated carbocycles. The minimum atomic E-state index is -0.0102. The summed E-state index contributed by atoms with van der Waals surface area (Å²) < 4.78 is 0. The molecule has 0 aromatic carbocycles. The van der Waals surface area contributed by atoms with Gasteiger partial charge in [0.15, 0.2) is 0 Å². The molecule has 0 heterocycles. The summed E-state index contributed by atoms with van der Waals surface area (Å²) in [5.74, 6) is 0. The molecule has 52 valence electrons. The normalized spacial score (nSPS) is 11.6. The smallest absolute Gasteiger partial charge is 0.0645 e. The van der Waals surface area contributed by atoms with Gasteiger partial charge in [-0.05, 0) is 12.0 Å². The highest BCUT2D eigenvalue weighted by Gasteiger charge is 1.88. The summed E-state index contributed by atoms with van der Waals surface area (Å²) in [6.45, 7) is 3.49. The molecule has 0 bridgehead atoms. The van der Waals surface area contributed by atoms with Crippen molar-refractivity contribution in [1.29, 1.82) is 0 Å². The third kappa shape index (κ3) is 3.94. The van der Waals surface area contributed by atoms with E-state index in [4.69, 9.17) is 10.2 Å². The van der Waals surface area contributed by atoms with Gasteiger partial charge >= 0.3 is 0 Å². The number of aliphatic hydroxyl groups excluding tert-OH is 2. The summed E-state index contributed by atoms with van der Waals surface area (Å²) in [5.41, 5.74) is 0.813. The molecule has 2 N–H and O–H groups in total. The fourth-order valence-corrected chi connectivity index (χ4v) is 0.527. The second-order valence-corrected chi connectivity index (χ2v) is 1.70. The molecule has 0 aromatic rings. The molecular weight excluding hydrogens is 116 g/mol. The van der Waals surface area contributed by atoms with E-state index in [1.165, 1.54) is 0 Å². The average molecular weight is 128 g/mol. The lowest BCUT2D eigenvalue weighted by molar-refractivity contribution is 0.317. The second-order valence-electron chi connectivity index (χ2n) is 1.70. The Morgan fingerprint density at radius 3 is 2.44 bits per heavy atom. The molecule has 0 atom stereocenters. The van der Waals surface area contributed by atoms with Crippen LogP contribution in [0.3, 0.4) is 0 Å². The van der Waals surface area contributed by atoms with Crippen LogP contribution in [0.1, 0.15) is 6.42 Å². The highest BCUT2D eigenvalue weighted by atomic mass is 16.3. The van der Waals surface area contributed by atoms with E-state index in [1.807, 2.05) is 0 Å². The van der Waals surface area contributed by atoms with Gasteiger partial charge in [-0.25, -0.2) is 0 Å². The largest absolute Gasteiger partial charge is 0.392 e. The molecule has 0 unspecified atom stereocenters. The van der Waals surface area contributed by atoms with Crippen molar-refractivity contribution in [3.63, 3.8) is 0 Å². The molecular formula is C7H12O2. The standard InChI is InChI=1S/C7H12O2/c1-2-3-7(6-9)4-5-8/h2,4,8-9H,1,3,5-6H2. The van der Waals surface area contributed by atoms with Crippen LogP contribution < -0.4 is 0 Å². The van der Waals surface area contributed by atoms with Crippen LogP contribution in [0.4, 0.5) is 0 Å². The molecule has 2 nitrogen and oxygen atoms in total. The first-order chi connectivity index (χ1) is 4.35. The average Bonchev–Trinajstić information content (AvgIpc) is 1.88. The van der Waals surface area contributed by atoms with E-state index in [9.17, 15) is 0 Å². The minimum absolute atomic E-state index is 0.00653. The van der Waals surface area contributed by atoms with E-state index in [0.717, 1.165) is 5.57 Å². The maximum atomic E-state index is 8.56. The first-order valence-electron chi connectivity index (χ1n) is 2.85. The summed E-state index contributed by atoms with van der Waals surface area (Å²) in [7, 11) is 0. The van der Waals surface area contributed by atoms with Crippen LogP contribution in [0.15, 0.2) is 24.3 Å². The molecule has 0 saturated heterocycles. The van der Waals surface area contributed by atoms with E-state index in [0.29, 0.717) is 6.42 Å². The summed E-state index contributed by atoms with van der Waals surface area (Å²) in [6.07, 6.45) is 3.93. The summed E-state index contributed by atoms with van der Waals surface area (Å²) in [4.78, 5) is 0. The van der Waals surface area contributed by atoms with Crippen LogP contribution in [-0.2, 0) is 0 Å². The molecule has 2 heteroatoms. The lowest BCUT2D eigenvalue weighted by atomic mass is 10.2. The van der Waals surface area contributed by atoms with Gasteiger partial charge in [-0.15, -0.1) is 6.58 Å². The second kappa shape index (κ2) is 5.54. The Morgan fingerprint density at radius 2 is 2.11 bits per heavy atom. The Hall–Kier alpha value is -0.600. The quantitative estimate of drug-likeness (QED) is 0.540. The lowest BCUT2D eigenvalue weighted by Gasteiger charge is -1.95. The van der Waals surface area contributed by atoms with Crippen molar-refractivity contribution >= 4 is 0 Å². The highest BCUT2D eigenvalue weighted by molar-refractivity contribution is 5.06. The van der Waals surface area contributed by atoms with E-state index in [1.54, 1.807) is 12.2 Å². The minimum Gasteiger partial charge on any atom is -0.392 e. The predicted octanol–water partition coefficient (Wildman–Crippen LogP) is 0.473. The van der Waals surface area contributed by atoms with Gasteiger partial charge in [0.1, 0.15) is 0 Å². The fraction of sp³-hybridized carbons (Fsp3) is 0.429. The first-order valence-corrected chi connectivity index (χ1v) is 2.85. The molecule has 0 spiro atoms. The zero-order valence-electron chi connectivity index (χ0n) is 5.38. The number of rotatable bonds is 4. The van der Waals surface area contributed by atoms with Crippen molar-refractivity contribution in [2.45, 2.75) is 6.42 Å². The van der Waals surface area contributed by atoms with Gasteiger partial charge in [-0.1, -0.05) is 12.2 Å². The fourth-order valence-electron chi connectivity index (χ4n) is 0.527. The van der Waals surface area contributed by atoms with E-state index >= 15 is 0 Å². The van der Waals surface area contributed by atoms with Gasteiger partial charge in [0.2, 0.25) is 0 Å². The van der Waals surface area contributed by atoms with Gasteiger partial charge in [0, 0.05) is 0 Å². The van der Waals surface area contributed by atoms with Gasteiger partial charge in [0.05, 0.1) is 13.2 Å². The number of aliphatic hydroxyl groups is 2. The van der Waals surface area contributed by atoms with Crippen molar-refractivity contribution in [3.05, 3.63) is 24.3 Å². The number of allylic oxidation sites excluding steroid dienone is 1. The van der Waals surface area contributed by atoms with Gasteiger partial charge in [0.25, 0.3) is 0 Å². The van der Waals surface area contributed by atoms with E-state index < -0.39 is 0 Å². The van der Waals surface area contributed by atoms with Crippen LogP contribution in [0.5, 0.6) is 0 Å². The molecule has 9 heavy (non-hydrogen) atoms. The zero-order chi connectivity index (χ0) is 7.11. The third-order valence-electron chi connectivity index (χ3n) is 0.990. The van der Waals surface area contributed by atoms with Crippen LogP contribution in [-0.4, -0.2) is 23.4 Å². The van der Waals surface area contributed by atoms with Crippen molar-refractivity contribution in [3.8, 4) is 0 Å². The summed E-state index contributed by atoms with van der Waals surface area (Å²) >= 11 is 0. The summed E-state index contributed by atoms with van der Waals surface area (Å²) in [5, 5.41) is 16.9. The molecule has 0 radical (unpaired) electrons. The van der Waals surface area contributed by atoms with Crippen LogP contribution >= 0.6 is 0 Å². The van der Waals surface area contributed by atoms with Crippen LogP contribution in [0.25, 0.3) is 0 Å². The molecule has 0 fully saturated rings. The zero-order valence-corrected chi connectivity index (χ0v) is 5.38. The Balaban J connectivity index is 3.65. The summed E-state index contributed by atoms with van der Waals surface area (Å²) in [6, 6.07) is 0. The highest BCUT2D eigenvalue weighted by Crippen LogP contribution is 1.98. The van der Waals surface area contributed by atoms with Gasteiger partial charge in [-0.3, -0.25) is 0 Å². The Labute approximate surface area is 55.1 Å². The van der Waals surface area contributed by atoms with Crippen LogP contribution in [0.2, 0.25) is 0 Å². The SMILES string of the molecule is C=CCC(=CCO)CO. The monoisotopic (exact) mass is 128 g/mol. The molecule has 0 aliphatic carbocycles. The number of hydrogen-bond acceptors (Lipinski definition) is 2. The molecule has 0 rings (SSSR count). The van der Waals surface area contributed by atoms with Gasteiger partial charge in [-0.2, -0.15) is 0 Å². The molecule has 0 aliphatic rings. The topological polar surface area (TPSA) is 40.5 Å². The van der Waals surface area contributed by atoms with Crippen molar-refractivity contribution in [2.24, 2.45) is 0 Å². The Bertz CT molecular complexity index is 105. The van der Waals surface area contributed by atoms with Gasteiger partial charge < -0.3 is 10.2 Å². The number of hydrogen-bond donors (Lipinski definition) is 2. The maximum Gasteiger partial charge on any atom is 0.0645 e. The predicted molar refractivity (Wildman–Crippen MR) is 37.1 cm³/mol. The molecule has 0 aromatic heterocycles. The first kappa shape index (κ1) is 8.40. The molecule has 0 amide bonds. The van der Waals surface area contributed by atoms with Crippen molar-refractivity contribution in [1.82, 2.24) is 0 Å². The lowest BCUT2D eigenvalue weighted by Crippen LogP contribution is -1.90. The van der Waals surface area contributed by atoms with Crippen molar-refractivity contribution < 1.29 is 10.2 Å². The van der Waals surface area contributed by atoms with Crippen molar-refractivity contribution in [2.75, 3.05) is 13.2 Å².